The number of nitrogens with two attached hydrogens (primary N) is 1. The lowest BCUT2D eigenvalue weighted by Gasteiger charge is -2.16. The smallest absolute Gasteiger partial charge is 0.299 e. The average Bonchev–Trinajstić information content (AvgIpc) is 2.72. The molecule has 2 rings (SSSR count). The number of nitrogens with one attached hydrogen (secondary N) is 1. The van der Waals surface area contributed by atoms with E-state index < -0.39 is 11.7 Å². The Hall–Kier alpha value is -1.73. The normalized spacial score (nSPS) is 13.5. The number of hydrogen-bond acceptors (Lipinski definition) is 4. The molecule has 1 aliphatic rings. The van der Waals surface area contributed by atoms with E-state index >= 15 is 0 Å². The number of anilines is 1. The molecule has 0 saturated carbocycles. The number of unbranched alkanes of at least 4 members (excludes halogenated alkanes) is 2. The summed E-state index contributed by atoms with van der Waals surface area (Å²) in [5, 5.41) is 0. The first kappa shape index (κ1) is 15.7. The number of hydrogen-bond donors (Lipinski definition) is 2. The number of benzene rings is 1. The van der Waals surface area contributed by atoms with Crippen LogP contribution in [0.25, 0.3) is 0 Å². The molecule has 6 nitrogen and oxygen atoms in total. The van der Waals surface area contributed by atoms with Gasteiger partial charge in [-0.3, -0.25) is 19.8 Å². The van der Waals surface area contributed by atoms with Crippen LogP contribution in [0.5, 0.6) is 0 Å². The highest BCUT2D eigenvalue weighted by molar-refractivity contribution is 9.10. The lowest BCUT2D eigenvalue weighted by atomic mass is 10.1. The van der Waals surface area contributed by atoms with Gasteiger partial charge in [-0.2, -0.15) is 0 Å². The molecule has 0 bridgehead atoms. The Morgan fingerprint density at radius 2 is 2.00 bits per heavy atom. The second-order valence-corrected chi connectivity index (χ2v) is 5.65. The molecule has 0 radical (unpaired) electrons. The van der Waals surface area contributed by atoms with Gasteiger partial charge in [0.15, 0.2) is 0 Å². The van der Waals surface area contributed by atoms with Gasteiger partial charge in [0.2, 0.25) is 5.91 Å². The van der Waals surface area contributed by atoms with Crippen molar-refractivity contribution < 1.29 is 14.4 Å². The van der Waals surface area contributed by atoms with Gasteiger partial charge < -0.3 is 4.90 Å². The van der Waals surface area contributed by atoms with E-state index in [1.165, 1.54) is 4.90 Å². The first-order valence-corrected chi connectivity index (χ1v) is 7.49. The van der Waals surface area contributed by atoms with Crippen molar-refractivity contribution in [3.63, 3.8) is 0 Å². The third-order valence-corrected chi connectivity index (χ3v) is 4.06. The number of rotatable bonds is 6. The first-order chi connectivity index (χ1) is 10.1. The summed E-state index contributed by atoms with van der Waals surface area (Å²) in [7, 11) is 0. The summed E-state index contributed by atoms with van der Waals surface area (Å²) in [6, 6.07) is 5.32. The number of ketones is 1. The number of Topliss-reactive ketones (excluding diaryl/α,β-unsaturated/α-hetero) is 1. The zero-order valence-electron chi connectivity index (χ0n) is 11.4. The van der Waals surface area contributed by atoms with Crippen LogP contribution in [0.2, 0.25) is 0 Å². The molecule has 0 fully saturated rings. The van der Waals surface area contributed by atoms with Crippen LogP contribution in [0.1, 0.15) is 36.0 Å². The lowest BCUT2D eigenvalue weighted by Crippen LogP contribution is -2.31. The predicted molar refractivity (Wildman–Crippen MR) is 81.6 cm³/mol. The van der Waals surface area contributed by atoms with Gasteiger partial charge in [0.1, 0.15) is 0 Å². The minimum Gasteiger partial charge on any atom is -0.305 e. The fraction of sp³-hybridized carbons (Fsp3) is 0.357. The Balaban J connectivity index is 1.93. The summed E-state index contributed by atoms with van der Waals surface area (Å²) < 4.78 is 0.639. The average molecular weight is 354 g/mol. The Labute approximate surface area is 130 Å². The van der Waals surface area contributed by atoms with Crippen molar-refractivity contribution in [2.75, 3.05) is 11.4 Å². The van der Waals surface area contributed by atoms with Gasteiger partial charge in [-0.1, -0.05) is 12.5 Å². The Morgan fingerprint density at radius 3 is 2.71 bits per heavy atom. The number of halogens is 1. The minimum absolute atomic E-state index is 0.197. The number of nitrogens with zero attached hydrogens (tertiary/aromatic N) is 1. The maximum Gasteiger partial charge on any atom is 0.299 e. The second kappa shape index (κ2) is 6.82. The van der Waals surface area contributed by atoms with E-state index in [1.54, 1.807) is 18.2 Å². The number of fused-ring (bicyclic) bond motifs is 1. The number of carbonyl (C=O) groups excluding carboxylic acids is 3. The van der Waals surface area contributed by atoms with Crippen LogP contribution >= 0.6 is 15.9 Å². The molecule has 2 amide bonds. The van der Waals surface area contributed by atoms with Crippen LogP contribution in [0.15, 0.2) is 22.7 Å². The van der Waals surface area contributed by atoms with Crippen LogP contribution in [-0.2, 0) is 9.59 Å². The van der Waals surface area contributed by atoms with E-state index in [0.29, 0.717) is 35.1 Å². The third kappa shape index (κ3) is 3.30. The monoisotopic (exact) mass is 353 g/mol. The molecule has 1 heterocycles. The molecular formula is C14H16BrN3O3. The molecule has 0 aromatic heterocycles. The SMILES string of the molecule is NNC(=O)CCCCCN1C(=O)C(=O)c2c(Br)cccc21. The highest BCUT2D eigenvalue weighted by Gasteiger charge is 2.36. The minimum atomic E-state index is -0.489. The number of amides is 2. The number of carbonyl (C=O) groups is 3. The van der Waals surface area contributed by atoms with E-state index in [-0.39, 0.29) is 5.91 Å². The van der Waals surface area contributed by atoms with E-state index in [9.17, 15) is 14.4 Å². The third-order valence-electron chi connectivity index (χ3n) is 3.40. The maximum atomic E-state index is 12.0. The quantitative estimate of drug-likeness (QED) is 0.266. The second-order valence-electron chi connectivity index (χ2n) is 4.80. The van der Waals surface area contributed by atoms with Crippen LogP contribution in [0.3, 0.4) is 0 Å². The van der Waals surface area contributed by atoms with Crippen molar-refractivity contribution in [2.45, 2.75) is 25.7 Å². The highest BCUT2D eigenvalue weighted by atomic mass is 79.9. The molecule has 0 unspecified atom stereocenters. The predicted octanol–water partition coefficient (Wildman–Crippen LogP) is 1.53. The summed E-state index contributed by atoms with van der Waals surface area (Å²) in [6.45, 7) is 0.471. The Bertz CT molecular complexity index is 589. The van der Waals surface area contributed by atoms with Crippen molar-refractivity contribution in [1.29, 1.82) is 0 Å². The van der Waals surface area contributed by atoms with Crippen molar-refractivity contribution in [3.8, 4) is 0 Å². The summed E-state index contributed by atoms with van der Waals surface area (Å²) in [4.78, 5) is 36.4. The molecule has 112 valence electrons. The summed E-state index contributed by atoms with van der Waals surface area (Å²) in [6.07, 6.45) is 2.58. The largest absolute Gasteiger partial charge is 0.305 e. The van der Waals surface area contributed by atoms with Gasteiger partial charge >= 0.3 is 0 Å². The van der Waals surface area contributed by atoms with Crippen LogP contribution < -0.4 is 16.2 Å². The molecule has 1 aromatic carbocycles. The zero-order chi connectivity index (χ0) is 15.4. The standard InChI is InChI=1S/C14H16BrN3O3/c15-9-5-4-6-10-12(9)13(20)14(21)18(10)8-3-1-2-7-11(19)17-16/h4-6H,1-3,7-8,16H2,(H,17,19). The molecule has 0 spiro atoms. The Kier molecular flexibility index (Phi) is 5.08. The molecule has 7 heteroatoms. The molecule has 0 saturated heterocycles. The van der Waals surface area contributed by atoms with E-state index in [1.807, 2.05) is 0 Å². The summed E-state index contributed by atoms with van der Waals surface area (Å²) in [5.41, 5.74) is 3.16. The summed E-state index contributed by atoms with van der Waals surface area (Å²) >= 11 is 3.30. The fourth-order valence-electron chi connectivity index (χ4n) is 2.33. The molecule has 0 atom stereocenters. The van der Waals surface area contributed by atoms with E-state index in [2.05, 4.69) is 21.4 Å². The van der Waals surface area contributed by atoms with Gasteiger partial charge in [0.05, 0.1) is 11.3 Å². The summed E-state index contributed by atoms with van der Waals surface area (Å²) in [5.74, 6) is 3.83. The van der Waals surface area contributed by atoms with Crippen molar-refractivity contribution in [1.82, 2.24) is 5.43 Å². The molecule has 1 aromatic rings. The van der Waals surface area contributed by atoms with Gasteiger partial charge in [-0.25, -0.2) is 5.84 Å². The molecule has 21 heavy (non-hydrogen) atoms. The molecule has 3 N–H and O–H groups in total. The topological polar surface area (TPSA) is 92.5 Å². The van der Waals surface area contributed by atoms with Gasteiger partial charge in [0, 0.05) is 17.4 Å². The lowest BCUT2D eigenvalue weighted by molar-refractivity contribution is -0.121. The fourth-order valence-corrected chi connectivity index (χ4v) is 2.86. The molecular weight excluding hydrogens is 338 g/mol. The Morgan fingerprint density at radius 1 is 1.24 bits per heavy atom. The van der Waals surface area contributed by atoms with Crippen LogP contribution in [-0.4, -0.2) is 24.1 Å². The first-order valence-electron chi connectivity index (χ1n) is 6.70. The molecule has 1 aliphatic heterocycles. The van der Waals surface area contributed by atoms with Crippen molar-refractivity contribution in [2.24, 2.45) is 5.84 Å². The van der Waals surface area contributed by atoms with Crippen molar-refractivity contribution >= 4 is 39.2 Å². The zero-order valence-corrected chi connectivity index (χ0v) is 13.0. The van der Waals surface area contributed by atoms with E-state index in [4.69, 9.17) is 5.84 Å². The van der Waals surface area contributed by atoms with Crippen LogP contribution in [0, 0.1) is 0 Å². The van der Waals surface area contributed by atoms with E-state index in [0.717, 1.165) is 12.8 Å². The van der Waals surface area contributed by atoms with Gasteiger partial charge in [-0.05, 0) is 40.9 Å². The van der Waals surface area contributed by atoms with Gasteiger partial charge in [0.25, 0.3) is 11.7 Å². The van der Waals surface area contributed by atoms with Crippen LogP contribution in [0.4, 0.5) is 5.69 Å². The molecule has 0 aliphatic carbocycles. The maximum absolute atomic E-state index is 12.0. The van der Waals surface area contributed by atoms with Gasteiger partial charge in [-0.15, -0.1) is 0 Å². The number of hydrazine groups is 1. The highest BCUT2D eigenvalue weighted by Crippen LogP contribution is 2.34. The van der Waals surface area contributed by atoms with Crippen molar-refractivity contribution in [3.05, 3.63) is 28.2 Å².